The Hall–Kier alpha value is -0.0400. The van der Waals surface area contributed by atoms with Gasteiger partial charge in [-0.25, -0.2) is 0 Å². The minimum absolute atomic E-state index is 0. The topological polar surface area (TPSA) is 136 Å². The minimum atomic E-state index is -0.773. The van der Waals surface area contributed by atoms with Crippen molar-refractivity contribution in [3.05, 3.63) is 80.0 Å². The summed E-state index contributed by atoms with van der Waals surface area (Å²) in [6.07, 6.45) is 2.98. The molecule has 58 heavy (non-hydrogen) atoms. The van der Waals surface area contributed by atoms with Crippen LogP contribution in [0.5, 0.6) is 17.2 Å². The van der Waals surface area contributed by atoms with Gasteiger partial charge in [-0.3, -0.25) is 0 Å². The highest BCUT2D eigenvalue weighted by Gasteiger charge is 2.33. The quantitative estimate of drug-likeness (QED) is 0.137. The molecule has 5 rings (SSSR count). The molecular weight excluding hydrogens is 1080 g/mol. The fraction of sp³-hybridized carbons (Fsp3) is 0.538. The van der Waals surface area contributed by atoms with Crippen LogP contribution < -0.4 is 9.47 Å². The summed E-state index contributed by atoms with van der Waals surface area (Å²) in [6, 6.07) is 9.58. The summed E-state index contributed by atoms with van der Waals surface area (Å²) in [4.78, 5) is 0. The van der Waals surface area contributed by atoms with Crippen molar-refractivity contribution in [2.45, 2.75) is 97.6 Å². The first-order chi connectivity index (χ1) is 26.7. The third-order valence-electron chi connectivity index (χ3n) is 7.30. The lowest BCUT2D eigenvalue weighted by molar-refractivity contribution is -0.139. The van der Waals surface area contributed by atoms with E-state index in [1.165, 1.54) is 12.5 Å². The van der Waals surface area contributed by atoms with E-state index in [0.29, 0.717) is 71.3 Å². The van der Waals surface area contributed by atoms with Crippen LogP contribution in [-0.4, -0.2) is 90.5 Å². The standard InChI is InChI=1S/C13H15BrCl2O3.C10H11BrCl2O3.C8H16O2.C6H3BrCl2O.CH4O.CH4/c1-13(2)18-7-8(19-13)3-4-17-12-6-10(15)9(14)5-11(12)16;11-7-3-9(13)10(4-8(7)12)16-2-1-6(15)5-14;1-4-5-7-6-9-8(2,3)10-7;7-3-1-5(9)6(10)2-4(3)8;1-2;/h5-6,8H,3-4,7H2,1-2H3;3-4,6,14-15H,1-2,5H2;7H,4-6H2,1-3H3;1-2,10H;2H,1H3;1H4. The molecule has 2 aliphatic heterocycles. The van der Waals surface area contributed by atoms with E-state index < -0.39 is 11.9 Å². The first-order valence-corrected chi connectivity index (χ1v) is 22.1. The van der Waals surface area contributed by atoms with Gasteiger partial charge in [0, 0.05) is 51.6 Å². The zero-order chi connectivity index (χ0) is 43.5. The molecule has 0 spiro atoms. The van der Waals surface area contributed by atoms with Crippen LogP contribution in [0.4, 0.5) is 0 Å². The Balaban J connectivity index is 0.000000757. The van der Waals surface area contributed by atoms with Crippen LogP contribution in [0.25, 0.3) is 0 Å². The van der Waals surface area contributed by atoms with Crippen LogP contribution in [0.1, 0.15) is 67.7 Å². The smallest absolute Gasteiger partial charge is 0.163 e. The minimum Gasteiger partial charge on any atom is -0.506 e. The van der Waals surface area contributed by atoms with Gasteiger partial charge in [0.05, 0.1) is 81.5 Å². The number of rotatable bonds is 11. The fourth-order valence-corrected chi connectivity index (χ4v) is 7.06. The van der Waals surface area contributed by atoms with E-state index >= 15 is 0 Å². The van der Waals surface area contributed by atoms with Crippen molar-refractivity contribution in [2.24, 2.45) is 0 Å². The van der Waals surface area contributed by atoms with Crippen LogP contribution in [0, 0.1) is 0 Å². The normalized spacial score (nSPS) is 17.7. The highest BCUT2D eigenvalue weighted by atomic mass is 79.9. The SMILES string of the molecule is C.CC1(C)OCC(CCOc2cc(Cl)c(Br)cc2Cl)O1.CCCC1COC(C)(C)O1.CO.OCC(O)CCOc1cc(Cl)c(Br)cc1Cl.Oc1cc(Cl)c(Br)cc1Cl. The van der Waals surface area contributed by atoms with Gasteiger partial charge in [-0.05, 0) is 100 Å². The van der Waals surface area contributed by atoms with Crippen LogP contribution in [0.2, 0.25) is 30.1 Å². The average molecular weight is 1130 g/mol. The van der Waals surface area contributed by atoms with E-state index in [-0.39, 0.29) is 43.3 Å². The largest absolute Gasteiger partial charge is 0.506 e. The van der Waals surface area contributed by atoms with Gasteiger partial charge in [0.15, 0.2) is 11.6 Å². The number of hydrogen-bond donors (Lipinski definition) is 4. The predicted octanol–water partition coefficient (Wildman–Crippen LogP) is 13.2. The zero-order valence-electron chi connectivity index (χ0n) is 32.2. The van der Waals surface area contributed by atoms with E-state index in [0.717, 1.165) is 31.0 Å². The third kappa shape index (κ3) is 22.4. The Labute approximate surface area is 398 Å². The van der Waals surface area contributed by atoms with E-state index in [4.69, 9.17) is 118 Å². The number of phenolic OH excluding ortho intramolecular Hbond substituents is 1. The Morgan fingerprint density at radius 2 is 1.07 bits per heavy atom. The molecule has 2 heterocycles. The molecule has 0 saturated carbocycles. The molecule has 0 radical (unpaired) electrons. The highest BCUT2D eigenvalue weighted by Crippen LogP contribution is 2.36. The molecule has 3 unspecified atom stereocenters. The molecule has 2 fully saturated rings. The lowest BCUT2D eigenvalue weighted by Gasteiger charge is -2.17. The molecule has 3 aromatic carbocycles. The lowest BCUT2D eigenvalue weighted by atomic mass is 10.2. The Morgan fingerprint density at radius 1 is 0.672 bits per heavy atom. The Kier molecular flexibility index (Phi) is 29.3. The van der Waals surface area contributed by atoms with Gasteiger partial charge in [0.2, 0.25) is 0 Å². The van der Waals surface area contributed by atoms with E-state index in [9.17, 15) is 0 Å². The number of phenols is 1. The summed E-state index contributed by atoms with van der Waals surface area (Å²) in [5, 5.41) is 36.5. The van der Waals surface area contributed by atoms with Crippen LogP contribution >= 0.6 is 117 Å². The van der Waals surface area contributed by atoms with Gasteiger partial charge in [0.1, 0.15) is 17.2 Å². The predicted molar refractivity (Wildman–Crippen MR) is 247 cm³/mol. The summed E-state index contributed by atoms with van der Waals surface area (Å²) in [6.45, 7) is 11.7. The zero-order valence-corrected chi connectivity index (χ0v) is 41.5. The van der Waals surface area contributed by atoms with Crippen molar-refractivity contribution in [1.29, 1.82) is 0 Å². The number of halogens is 9. The molecule has 3 atom stereocenters. The molecule has 332 valence electrons. The van der Waals surface area contributed by atoms with Crippen molar-refractivity contribution >= 4 is 117 Å². The number of benzene rings is 3. The number of aliphatic hydroxyl groups is 3. The maximum atomic E-state index is 9.11. The maximum Gasteiger partial charge on any atom is 0.163 e. The van der Waals surface area contributed by atoms with Gasteiger partial charge >= 0.3 is 0 Å². The second-order valence-electron chi connectivity index (χ2n) is 12.9. The summed E-state index contributed by atoms with van der Waals surface area (Å²) < 4.78 is 35.2. The molecule has 2 aliphatic rings. The molecular formula is C39H53Br3Cl6O10. The van der Waals surface area contributed by atoms with Gasteiger partial charge in [-0.2, -0.15) is 0 Å². The molecule has 3 aromatic rings. The molecule has 0 amide bonds. The van der Waals surface area contributed by atoms with Gasteiger partial charge in [0.25, 0.3) is 0 Å². The Bertz CT molecular complexity index is 1610. The van der Waals surface area contributed by atoms with E-state index in [1.807, 2.05) is 27.7 Å². The summed E-state index contributed by atoms with van der Waals surface area (Å²) in [5.74, 6) is 0.200. The number of ether oxygens (including phenoxy) is 6. The van der Waals surface area contributed by atoms with Crippen LogP contribution in [-0.2, 0) is 18.9 Å². The van der Waals surface area contributed by atoms with E-state index in [2.05, 4.69) is 54.7 Å². The third-order valence-corrected chi connectivity index (χ3v) is 11.8. The highest BCUT2D eigenvalue weighted by molar-refractivity contribution is 9.11. The first kappa shape index (κ1) is 58.0. The second-order valence-corrected chi connectivity index (χ2v) is 17.9. The summed E-state index contributed by atoms with van der Waals surface area (Å²) >= 11 is 44.7. The van der Waals surface area contributed by atoms with Gasteiger partial charge in [-0.15, -0.1) is 0 Å². The molecule has 0 bridgehead atoms. The van der Waals surface area contributed by atoms with Gasteiger partial charge < -0.3 is 48.8 Å². The molecule has 0 aromatic heterocycles. The summed E-state index contributed by atoms with van der Waals surface area (Å²) in [7, 11) is 1.00. The first-order valence-electron chi connectivity index (χ1n) is 17.4. The van der Waals surface area contributed by atoms with E-state index in [1.54, 1.807) is 30.3 Å². The second kappa shape index (κ2) is 29.3. The molecule has 4 N–H and O–H groups in total. The molecule has 0 aliphatic carbocycles. The lowest BCUT2D eigenvalue weighted by Crippen LogP contribution is -2.22. The van der Waals surface area contributed by atoms with Crippen molar-refractivity contribution < 1.29 is 48.8 Å². The van der Waals surface area contributed by atoms with Crippen LogP contribution in [0.3, 0.4) is 0 Å². The summed E-state index contributed by atoms with van der Waals surface area (Å²) in [5.41, 5.74) is 0. The number of hydrogen-bond acceptors (Lipinski definition) is 10. The molecule has 2 saturated heterocycles. The average Bonchev–Trinajstić information content (AvgIpc) is 3.68. The number of aliphatic hydroxyl groups excluding tert-OH is 3. The van der Waals surface area contributed by atoms with Crippen LogP contribution in [0.15, 0.2) is 49.8 Å². The fourth-order valence-electron chi connectivity index (χ4n) is 4.57. The van der Waals surface area contributed by atoms with Gasteiger partial charge in [-0.1, -0.05) is 90.4 Å². The van der Waals surface area contributed by atoms with Crippen molar-refractivity contribution in [3.8, 4) is 17.2 Å². The Morgan fingerprint density at radius 3 is 1.45 bits per heavy atom. The molecule has 19 heteroatoms. The monoisotopic (exact) mass is 1130 g/mol. The number of aromatic hydroxyl groups is 1. The maximum absolute atomic E-state index is 9.11. The van der Waals surface area contributed by atoms with Crippen molar-refractivity contribution in [1.82, 2.24) is 0 Å². The molecule has 10 nitrogen and oxygen atoms in total. The van der Waals surface area contributed by atoms with Crippen molar-refractivity contribution in [2.75, 3.05) is 40.1 Å². The van der Waals surface area contributed by atoms with Crippen molar-refractivity contribution in [3.63, 3.8) is 0 Å².